The number of amides is 1. The normalized spacial score (nSPS) is 10.2. The molecule has 0 fully saturated rings. The number of aromatic nitrogens is 2. The van der Waals surface area contributed by atoms with Crippen molar-refractivity contribution in [2.45, 2.75) is 0 Å². The van der Waals surface area contributed by atoms with Crippen LogP contribution in [0.25, 0.3) is 5.69 Å². The van der Waals surface area contributed by atoms with Gasteiger partial charge in [-0.25, -0.2) is 0 Å². The molecule has 0 unspecified atom stereocenters. The van der Waals surface area contributed by atoms with Gasteiger partial charge < -0.3 is 15.0 Å². The van der Waals surface area contributed by atoms with E-state index in [9.17, 15) is 14.9 Å². The first-order valence-corrected chi connectivity index (χ1v) is 6.63. The van der Waals surface area contributed by atoms with E-state index in [-0.39, 0.29) is 16.2 Å². The quantitative estimate of drug-likeness (QED) is 0.482. The molecule has 0 radical (unpaired) electrons. The van der Waals surface area contributed by atoms with E-state index >= 15 is 0 Å². The van der Waals surface area contributed by atoms with Crippen LogP contribution in [0.4, 0.5) is 11.5 Å². The van der Waals surface area contributed by atoms with Crippen molar-refractivity contribution in [3.8, 4) is 5.69 Å². The Labute approximate surface area is 128 Å². The summed E-state index contributed by atoms with van der Waals surface area (Å²) in [5.74, 6) is -0.518. The summed E-state index contributed by atoms with van der Waals surface area (Å²) in [5, 5.41) is 14.7. The molecule has 0 saturated carbocycles. The maximum absolute atomic E-state index is 11.6. The summed E-state index contributed by atoms with van der Waals surface area (Å²) >= 11 is 3.09. The fourth-order valence-corrected chi connectivity index (χ4v) is 2.13. The van der Waals surface area contributed by atoms with Gasteiger partial charge in [-0.1, -0.05) is 12.6 Å². The average molecular weight is 351 g/mol. The molecule has 0 atom stereocenters. The number of carbonyl (C=O) groups excluding carboxylic acids is 1. The average Bonchev–Trinajstić information content (AvgIpc) is 2.88. The summed E-state index contributed by atoms with van der Waals surface area (Å²) in [5.41, 5.74) is 1.23. The number of benzene rings is 1. The summed E-state index contributed by atoms with van der Waals surface area (Å²) < 4.78 is 1.66. The Kier molecular flexibility index (Phi) is 4.18. The molecule has 2 aromatic rings. The lowest BCUT2D eigenvalue weighted by Crippen LogP contribution is -2.23. The zero-order valence-corrected chi connectivity index (χ0v) is 12.6. The van der Waals surface area contributed by atoms with Gasteiger partial charge in [0.05, 0.1) is 17.0 Å². The third kappa shape index (κ3) is 3.00. The molecule has 2 rings (SSSR count). The van der Waals surface area contributed by atoms with E-state index in [2.05, 4.69) is 27.6 Å². The molecule has 0 aliphatic rings. The smallest absolute Gasteiger partial charge is 0.358 e. The summed E-state index contributed by atoms with van der Waals surface area (Å²) in [7, 11) is 1.62. The van der Waals surface area contributed by atoms with Crippen LogP contribution in [0.1, 0.15) is 0 Å². The Morgan fingerprint density at radius 3 is 2.86 bits per heavy atom. The van der Waals surface area contributed by atoms with Crippen molar-refractivity contribution in [1.29, 1.82) is 0 Å². The molecule has 108 valence electrons. The molecule has 21 heavy (non-hydrogen) atoms. The molecule has 8 heteroatoms. The Hall–Kier alpha value is -2.48. The van der Waals surface area contributed by atoms with Gasteiger partial charge in [0.2, 0.25) is 5.91 Å². The van der Waals surface area contributed by atoms with Gasteiger partial charge >= 0.3 is 5.82 Å². The minimum Gasteiger partial charge on any atom is -0.358 e. The number of carbonyl (C=O) groups is 1. The molecule has 0 N–H and O–H groups in total. The second-order valence-corrected chi connectivity index (χ2v) is 4.98. The van der Waals surface area contributed by atoms with Crippen LogP contribution in [0.3, 0.4) is 0 Å². The second kappa shape index (κ2) is 5.88. The predicted molar refractivity (Wildman–Crippen MR) is 81.5 cm³/mol. The highest BCUT2D eigenvalue weighted by Crippen LogP contribution is 2.25. The van der Waals surface area contributed by atoms with Crippen molar-refractivity contribution < 1.29 is 9.72 Å². The van der Waals surface area contributed by atoms with Crippen LogP contribution >= 0.6 is 15.9 Å². The van der Waals surface area contributed by atoms with E-state index in [0.29, 0.717) is 11.4 Å². The summed E-state index contributed by atoms with van der Waals surface area (Å²) in [6.07, 6.45) is 2.70. The predicted octanol–water partition coefficient (Wildman–Crippen LogP) is 2.69. The standard InChI is InChI=1S/C13H11BrN4O3/c1-3-12(19)16(2)9-5-4-6-10(7-9)17-8-11(14)13(15-17)18(20)21/h3-8H,1H2,2H3. The lowest BCUT2D eigenvalue weighted by atomic mass is 10.2. The molecular formula is C13H11BrN4O3. The van der Waals surface area contributed by atoms with E-state index in [1.807, 2.05) is 0 Å². The number of nitro groups is 1. The van der Waals surface area contributed by atoms with Gasteiger partial charge in [-0.3, -0.25) is 4.79 Å². The van der Waals surface area contributed by atoms with Gasteiger partial charge in [-0.05, 0) is 45.1 Å². The SMILES string of the molecule is C=CC(=O)N(C)c1cccc(-n2cc(Br)c([N+](=O)[O-])n2)c1. The molecule has 1 aromatic carbocycles. The third-order valence-corrected chi connectivity index (χ3v) is 3.37. The van der Waals surface area contributed by atoms with Crippen molar-refractivity contribution in [3.05, 3.63) is 57.7 Å². The van der Waals surface area contributed by atoms with Gasteiger partial charge in [0.1, 0.15) is 4.47 Å². The zero-order valence-electron chi connectivity index (χ0n) is 11.1. The highest BCUT2D eigenvalue weighted by Gasteiger charge is 2.19. The van der Waals surface area contributed by atoms with Gasteiger partial charge in [-0.15, -0.1) is 4.68 Å². The maximum Gasteiger partial charge on any atom is 0.404 e. The monoisotopic (exact) mass is 350 g/mol. The summed E-state index contributed by atoms with van der Waals surface area (Å²) in [6.45, 7) is 3.43. The van der Waals surface area contributed by atoms with E-state index in [1.165, 1.54) is 21.9 Å². The Bertz CT molecular complexity index is 726. The van der Waals surface area contributed by atoms with Crippen LogP contribution in [-0.2, 0) is 4.79 Å². The fraction of sp³-hybridized carbons (Fsp3) is 0.0769. The van der Waals surface area contributed by atoms with E-state index in [1.54, 1.807) is 31.3 Å². The molecule has 0 spiro atoms. The van der Waals surface area contributed by atoms with Crippen molar-refractivity contribution in [2.75, 3.05) is 11.9 Å². The third-order valence-electron chi connectivity index (χ3n) is 2.81. The van der Waals surface area contributed by atoms with E-state index in [4.69, 9.17) is 0 Å². The van der Waals surface area contributed by atoms with E-state index in [0.717, 1.165) is 0 Å². The molecule has 1 amide bonds. The zero-order chi connectivity index (χ0) is 15.6. The molecule has 0 bridgehead atoms. The van der Waals surface area contributed by atoms with Gasteiger partial charge in [0.15, 0.2) is 0 Å². The van der Waals surface area contributed by atoms with Gasteiger partial charge in [0, 0.05) is 12.7 Å². The topological polar surface area (TPSA) is 81.3 Å². The number of likely N-dealkylation sites (N-methyl/N-ethyl adjacent to an activating group) is 1. The molecular weight excluding hydrogens is 340 g/mol. The van der Waals surface area contributed by atoms with Crippen molar-refractivity contribution in [3.63, 3.8) is 0 Å². The first kappa shape index (κ1) is 14.9. The van der Waals surface area contributed by atoms with Gasteiger partial charge in [0.25, 0.3) is 0 Å². The molecule has 0 aliphatic heterocycles. The van der Waals surface area contributed by atoms with Crippen LogP contribution in [0.2, 0.25) is 0 Å². The summed E-state index contributed by atoms with van der Waals surface area (Å²) in [4.78, 5) is 23.3. The number of halogens is 1. The molecule has 0 saturated heterocycles. The van der Waals surface area contributed by atoms with Crippen molar-refractivity contribution in [1.82, 2.24) is 9.78 Å². The first-order valence-electron chi connectivity index (χ1n) is 5.84. The van der Waals surface area contributed by atoms with Crippen LogP contribution in [-0.4, -0.2) is 27.7 Å². The van der Waals surface area contributed by atoms with Crippen molar-refractivity contribution >= 4 is 33.3 Å². The summed E-state index contributed by atoms with van der Waals surface area (Å²) in [6, 6.07) is 6.92. The Balaban J connectivity index is 2.42. The highest BCUT2D eigenvalue weighted by atomic mass is 79.9. The largest absolute Gasteiger partial charge is 0.404 e. The number of rotatable bonds is 4. The van der Waals surface area contributed by atoms with E-state index < -0.39 is 4.92 Å². The Morgan fingerprint density at radius 2 is 2.29 bits per heavy atom. The fourth-order valence-electron chi connectivity index (χ4n) is 1.71. The van der Waals surface area contributed by atoms with Crippen LogP contribution in [0.5, 0.6) is 0 Å². The molecule has 0 aliphatic carbocycles. The lowest BCUT2D eigenvalue weighted by Gasteiger charge is -2.15. The lowest BCUT2D eigenvalue weighted by molar-refractivity contribution is -0.390. The number of hydrogen-bond donors (Lipinski definition) is 0. The Morgan fingerprint density at radius 1 is 1.57 bits per heavy atom. The van der Waals surface area contributed by atoms with Gasteiger partial charge in [-0.2, -0.15) is 0 Å². The van der Waals surface area contributed by atoms with Crippen LogP contribution in [0.15, 0.2) is 47.6 Å². The number of hydrogen-bond acceptors (Lipinski definition) is 4. The molecule has 1 heterocycles. The second-order valence-electron chi connectivity index (χ2n) is 4.12. The minimum atomic E-state index is -0.572. The van der Waals surface area contributed by atoms with Crippen LogP contribution in [0, 0.1) is 10.1 Å². The minimum absolute atomic E-state index is 0.250. The molecule has 1 aromatic heterocycles. The number of nitrogens with zero attached hydrogens (tertiary/aromatic N) is 4. The highest BCUT2D eigenvalue weighted by molar-refractivity contribution is 9.10. The van der Waals surface area contributed by atoms with Crippen LogP contribution < -0.4 is 4.90 Å². The number of anilines is 1. The molecule has 7 nitrogen and oxygen atoms in total. The first-order chi connectivity index (χ1) is 9.93. The van der Waals surface area contributed by atoms with Crippen molar-refractivity contribution in [2.24, 2.45) is 0 Å². The maximum atomic E-state index is 11.6.